The second-order valence-electron chi connectivity index (χ2n) is 9.21. The summed E-state index contributed by atoms with van der Waals surface area (Å²) in [6.07, 6.45) is 3.28. The van der Waals surface area contributed by atoms with E-state index in [2.05, 4.69) is 35.7 Å². The van der Waals surface area contributed by atoms with Crippen molar-refractivity contribution in [2.75, 3.05) is 0 Å². The average Bonchev–Trinajstić information content (AvgIpc) is 3.21. The van der Waals surface area contributed by atoms with Gasteiger partial charge in [0.2, 0.25) is 5.88 Å². The lowest BCUT2D eigenvalue weighted by atomic mass is 9.95. The molecule has 1 aromatic carbocycles. The fourth-order valence-electron chi connectivity index (χ4n) is 3.51. The summed E-state index contributed by atoms with van der Waals surface area (Å²) in [5, 5.41) is 0.205. The molecule has 3 heterocycles. The Morgan fingerprint density at radius 1 is 1.09 bits per heavy atom. The number of aromatic nitrogens is 5. The van der Waals surface area contributed by atoms with E-state index in [9.17, 15) is 4.79 Å². The highest BCUT2D eigenvalue weighted by molar-refractivity contribution is 6.33. The molecule has 0 aliphatic heterocycles. The van der Waals surface area contributed by atoms with Crippen LogP contribution in [0.4, 0.5) is 0 Å². The van der Waals surface area contributed by atoms with Crippen LogP contribution >= 0.6 is 23.2 Å². The third kappa shape index (κ3) is 5.09. The molecule has 182 valence electrons. The van der Waals surface area contributed by atoms with Crippen molar-refractivity contribution in [2.45, 2.75) is 53.6 Å². The SMILES string of the molecule is Cc1nc(COc2nc(C)n(-c3cc(-c4nc(C(C)(C)C)ncc4C)ccc3Cl)c(=O)c2Cl)co1. The summed E-state index contributed by atoms with van der Waals surface area (Å²) in [6, 6.07) is 5.39. The van der Waals surface area contributed by atoms with E-state index in [1.807, 2.05) is 13.0 Å². The van der Waals surface area contributed by atoms with Crippen molar-refractivity contribution in [3.63, 3.8) is 0 Å². The molecule has 0 amide bonds. The molecule has 10 heteroatoms. The van der Waals surface area contributed by atoms with Gasteiger partial charge in [0.15, 0.2) is 10.9 Å². The van der Waals surface area contributed by atoms with Crippen molar-refractivity contribution in [1.82, 2.24) is 24.5 Å². The van der Waals surface area contributed by atoms with Crippen molar-refractivity contribution in [3.05, 3.63) is 79.9 Å². The quantitative estimate of drug-likeness (QED) is 0.333. The predicted octanol–water partition coefficient (Wildman–Crippen LogP) is 5.79. The number of hydrogen-bond acceptors (Lipinski definition) is 7. The molecule has 0 saturated heterocycles. The maximum absolute atomic E-state index is 13.3. The van der Waals surface area contributed by atoms with Gasteiger partial charge in [-0.05, 0) is 31.5 Å². The van der Waals surface area contributed by atoms with Gasteiger partial charge in [0.05, 0.1) is 16.4 Å². The fraction of sp³-hybridized carbons (Fsp3) is 0.320. The van der Waals surface area contributed by atoms with E-state index in [4.69, 9.17) is 37.3 Å². The molecule has 35 heavy (non-hydrogen) atoms. The number of halogens is 2. The number of hydrogen-bond donors (Lipinski definition) is 0. The van der Waals surface area contributed by atoms with E-state index >= 15 is 0 Å². The third-order valence-electron chi connectivity index (χ3n) is 5.29. The molecule has 0 saturated carbocycles. The molecule has 4 rings (SSSR count). The molecular weight excluding hydrogens is 489 g/mol. The topological polar surface area (TPSA) is 95.9 Å². The zero-order valence-corrected chi connectivity index (χ0v) is 21.8. The number of aryl methyl sites for hydroxylation is 3. The Hall–Kier alpha value is -3.23. The summed E-state index contributed by atoms with van der Waals surface area (Å²) in [7, 11) is 0. The first kappa shape index (κ1) is 24.9. The molecule has 4 aromatic rings. The van der Waals surface area contributed by atoms with Crippen LogP contribution in [0.1, 0.15) is 49.6 Å². The monoisotopic (exact) mass is 513 g/mol. The Labute approximate surface area is 213 Å². The highest BCUT2D eigenvalue weighted by atomic mass is 35.5. The van der Waals surface area contributed by atoms with Gasteiger partial charge in [0.1, 0.15) is 30.2 Å². The Kier molecular flexibility index (Phi) is 6.71. The van der Waals surface area contributed by atoms with Gasteiger partial charge in [-0.3, -0.25) is 9.36 Å². The molecule has 0 spiro atoms. The summed E-state index contributed by atoms with van der Waals surface area (Å²) in [6.45, 7) is 11.6. The zero-order valence-electron chi connectivity index (χ0n) is 20.3. The maximum Gasteiger partial charge on any atom is 0.280 e. The molecule has 0 atom stereocenters. The van der Waals surface area contributed by atoms with Crippen LogP contribution in [0.25, 0.3) is 16.9 Å². The van der Waals surface area contributed by atoms with Gasteiger partial charge < -0.3 is 9.15 Å². The van der Waals surface area contributed by atoms with Crippen molar-refractivity contribution in [3.8, 4) is 22.8 Å². The van der Waals surface area contributed by atoms with Gasteiger partial charge in [-0.25, -0.2) is 15.0 Å². The van der Waals surface area contributed by atoms with Crippen molar-refractivity contribution >= 4 is 23.2 Å². The van der Waals surface area contributed by atoms with E-state index in [0.717, 1.165) is 22.6 Å². The number of oxazole rings is 1. The molecule has 0 N–H and O–H groups in total. The molecular formula is C25H25Cl2N5O3. The van der Waals surface area contributed by atoms with Gasteiger partial charge in [0, 0.05) is 24.1 Å². The van der Waals surface area contributed by atoms with Crippen molar-refractivity contribution < 1.29 is 9.15 Å². The van der Waals surface area contributed by atoms with Crippen LogP contribution in [-0.2, 0) is 12.0 Å². The van der Waals surface area contributed by atoms with E-state index in [1.165, 1.54) is 10.8 Å². The second kappa shape index (κ2) is 9.43. The zero-order chi connectivity index (χ0) is 25.5. The normalized spacial score (nSPS) is 11.7. The molecule has 8 nitrogen and oxygen atoms in total. The lowest BCUT2D eigenvalue weighted by Crippen LogP contribution is -2.24. The third-order valence-corrected chi connectivity index (χ3v) is 5.93. The molecule has 0 radical (unpaired) electrons. The van der Waals surface area contributed by atoms with Gasteiger partial charge >= 0.3 is 0 Å². The summed E-state index contributed by atoms with van der Waals surface area (Å²) < 4.78 is 12.2. The smallest absolute Gasteiger partial charge is 0.280 e. The number of benzene rings is 1. The van der Waals surface area contributed by atoms with E-state index in [-0.39, 0.29) is 22.9 Å². The lowest BCUT2D eigenvalue weighted by Gasteiger charge is -2.19. The van der Waals surface area contributed by atoms with E-state index in [0.29, 0.717) is 28.1 Å². The highest BCUT2D eigenvalue weighted by Gasteiger charge is 2.21. The van der Waals surface area contributed by atoms with Crippen LogP contribution in [0.3, 0.4) is 0 Å². The Morgan fingerprint density at radius 3 is 2.49 bits per heavy atom. The highest BCUT2D eigenvalue weighted by Crippen LogP contribution is 2.31. The molecule has 3 aromatic heterocycles. The Morgan fingerprint density at radius 2 is 1.83 bits per heavy atom. The minimum atomic E-state index is -0.501. The van der Waals surface area contributed by atoms with Crippen LogP contribution in [0.5, 0.6) is 5.88 Å². The maximum atomic E-state index is 13.3. The van der Waals surface area contributed by atoms with Crippen LogP contribution in [0, 0.1) is 20.8 Å². The van der Waals surface area contributed by atoms with Crippen molar-refractivity contribution in [1.29, 1.82) is 0 Å². The van der Waals surface area contributed by atoms with Gasteiger partial charge in [0.25, 0.3) is 5.56 Å². The molecule has 0 unspecified atom stereocenters. The summed E-state index contributed by atoms with van der Waals surface area (Å²) >= 11 is 12.9. The van der Waals surface area contributed by atoms with Gasteiger partial charge in [-0.15, -0.1) is 0 Å². The summed E-state index contributed by atoms with van der Waals surface area (Å²) in [4.78, 5) is 31.1. The van der Waals surface area contributed by atoms with Crippen LogP contribution < -0.4 is 10.3 Å². The minimum Gasteiger partial charge on any atom is -0.470 e. The first-order valence-electron chi connectivity index (χ1n) is 10.9. The van der Waals surface area contributed by atoms with Crippen LogP contribution in [0.2, 0.25) is 10.0 Å². The van der Waals surface area contributed by atoms with E-state index < -0.39 is 5.56 Å². The standard InChI is InChI=1S/C25H25Cl2N5O3/c1-13-10-28-24(25(4,5)6)31-21(13)16-7-8-18(26)19(9-16)32-14(2)29-22(20(27)23(32)33)35-12-17-11-34-15(3)30-17/h7-11H,12H2,1-6H3. The Balaban J connectivity index is 1.76. The van der Waals surface area contributed by atoms with Gasteiger partial charge in [-0.1, -0.05) is 50.0 Å². The number of ether oxygens (including phenoxy) is 1. The average molecular weight is 514 g/mol. The number of nitrogens with zero attached hydrogens (tertiary/aromatic N) is 5. The lowest BCUT2D eigenvalue weighted by molar-refractivity contribution is 0.287. The summed E-state index contributed by atoms with van der Waals surface area (Å²) in [5.41, 5.74) is 2.73. The number of rotatable bonds is 5. The van der Waals surface area contributed by atoms with Crippen LogP contribution in [0.15, 0.2) is 39.9 Å². The fourth-order valence-corrected chi connectivity index (χ4v) is 3.89. The molecule has 0 bridgehead atoms. The largest absolute Gasteiger partial charge is 0.470 e. The minimum absolute atomic E-state index is 0.0137. The molecule has 0 aliphatic rings. The predicted molar refractivity (Wildman–Crippen MR) is 135 cm³/mol. The summed E-state index contributed by atoms with van der Waals surface area (Å²) in [5.74, 6) is 1.60. The van der Waals surface area contributed by atoms with Gasteiger partial charge in [-0.2, -0.15) is 4.98 Å². The van der Waals surface area contributed by atoms with Crippen LogP contribution in [-0.4, -0.2) is 24.5 Å². The van der Waals surface area contributed by atoms with E-state index in [1.54, 1.807) is 32.2 Å². The first-order chi connectivity index (χ1) is 16.5. The first-order valence-corrected chi connectivity index (χ1v) is 11.7. The Bertz CT molecular complexity index is 1470. The van der Waals surface area contributed by atoms with Crippen molar-refractivity contribution in [2.24, 2.45) is 0 Å². The molecule has 0 fully saturated rings. The molecule has 0 aliphatic carbocycles. The second-order valence-corrected chi connectivity index (χ2v) is 9.99.